The Hall–Kier alpha value is -2.63. The average Bonchev–Trinajstić information content (AvgIpc) is 3.26. The Morgan fingerprint density at radius 3 is 2.69 bits per heavy atom. The topological polar surface area (TPSA) is 45.6 Å². The monoisotopic (exact) mass is 454 g/mol. The lowest BCUT2D eigenvalue weighted by atomic mass is 9.96. The van der Waals surface area contributed by atoms with Gasteiger partial charge < -0.3 is 14.7 Å². The molecule has 1 aliphatic heterocycles. The summed E-state index contributed by atoms with van der Waals surface area (Å²) in [5.74, 6) is 0.985. The lowest BCUT2D eigenvalue weighted by Gasteiger charge is -2.34. The lowest BCUT2D eigenvalue weighted by Crippen LogP contribution is -2.46. The molecule has 0 unspecified atom stereocenters. The molecule has 2 heterocycles. The maximum absolute atomic E-state index is 15.6. The first-order valence-electron chi connectivity index (χ1n) is 10.8. The molecule has 4 rings (SSSR count). The van der Waals surface area contributed by atoms with E-state index in [0.717, 1.165) is 30.8 Å². The fraction of sp³-hybridized carbons (Fsp3) is 0.346. The maximum atomic E-state index is 15.6. The fourth-order valence-electron chi connectivity index (χ4n) is 4.51. The Morgan fingerprint density at radius 2 is 2.03 bits per heavy atom. The standard InChI is InChI=1S/C26H28ClFN2O2/c1-26(2,31)22-8-5-13-30(22)23-12-9-17(16-29-23)14-19-10-11-21(32-3)24(25(19)28)18-6-4-7-20(27)15-18/h4,6-7,9-12,15-16,22,31H,5,8,13-14H2,1-3H3/t22-/m0/s1. The molecule has 6 heteroatoms. The van der Waals surface area contributed by atoms with Crippen molar-refractivity contribution in [2.24, 2.45) is 0 Å². The molecule has 168 valence electrons. The summed E-state index contributed by atoms with van der Waals surface area (Å²) < 4.78 is 21.0. The number of hydrogen-bond acceptors (Lipinski definition) is 4. The van der Waals surface area contributed by atoms with Crippen LogP contribution in [0.15, 0.2) is 54.7 Å². The van der Waals surface area contributed by atoms with Gasteiger partial charge in [0, 0.05) is 24.2 Å². The first kappa shape index (κ1) is 22.6. The Balaban J connectivity index is 1.60. The van der Waals surface area contributed by atoms with E-state index in [1.807, 2.05) is 32.0 Å². The second-order valence-electron chi connectivity index (χ2n) is 8.83. The zero-order chi connectivity index (χ0) is 22.9. The van der Waals surface area contributed by atoms with Gasteiger partial charge in [0.2, 0.25) is 0 Å². The molecule has 3 aromatic rings. The summed E-state index contributed by atoms with van der Waals surface area (Å²) >= 11 is 6.13. The second kappa shape index (κ2) is 9.08. The van der Waals surface area contributed by atoms with Crippen molar-refractivity contribution in [1.29, 1.82) is 0 Å². The van der Waals surface area contributed by atoms with Gasteiger partial charge in [0.15, 0.2) is 0 Å². The van der Waals surface area contributed by atoms with E-state index in [0.29, 0.717) is 33.9 Å². The lowest BCUT2D eigenvalue weighted by molar-refractivity contribution is 0.0533. The number of halogens is 2. The van der Waals surface area contributed by atoms with Gasteiger partial charge in [-0.15, -0.1) is 0 Å². The summed E-state index contributed by atoms with van der Waals surface area (Å²) in [6, 6.07) is 14.6. The zero-order valence-corrected chi connectivity index (χ0v) is 19.4. The van der Waals surface area contributed by atoms with Gasteiger partial charge in [-0.3, -0.25) is 0 Å². The highest BCUT2D eigenvalue weighted by Gasteiger charge is 2.36. The average molecular weight is 455 g/mol. The molecule has 32 heavy (non-hydrogen) atoms. The van der Waals surface area contributed by atoms with E-state index in [1.54, 1.807) is 36.5 Å². The van der Waals surface area contributed by atoms with Crippen molar-refractivity contribution < 1.29 is 14.2 Å². The van der Waals surface area contributed by atoms with Gasteiger partial charge >= 0.3 is 0 Å². The van der Waals surface area contributed by atoms with Gasteiger partial charge in [-0.05, 0) is 67.6 Å². The van der Waals surface area contributed by atoms with Gasteiger partial charge in [-0.25, -0.2) is 9.37 Å². The van der Waals surface area contributed by atoms with Crippen molar-refractivity contribution in [3.8, 4) is 16.9 Å². The molecule has 1 N–H and O–H groups in total. The van der Waals surface area contributed by atoms with Crippen molar-refractivity contribution in [3.63, 3.8) is 0 Å². The molecule has 1 fully saturated rings. The summed E-state index contributed by atoms with van der Waals surface area (Å²) in [5.41, 5.74) is 1.76. The van der Waals surface area contributed by atoms with E-state index >= 15 is 4.39 Å². The molecule has 1 aromatic heterocycles. The minimum Gasteiger partial charge on any atom is -0.496 e. The third-order valence-corrected chi connectivity index (χ3v) is 6.32. The van der Waals surface area contributed by atoms with Crippen LogP contribution in [-0.4, -0.2) is 35.4 Å². The van der Waals surface area contributed by atoms with Crippen LogP contribution in [0, 0.1) is 5.82 Å². The van der Waals surface area contributed by atoms with Crippen molar-refractivity contribution in [2.45, 2.75) is 44.8 Å². The van der Waals surface area contributed by atoms with Gasteiger partial charge in [0.1, 0.15) is 17.4 Å². The van der Waals surface area contributed by atoms with Crippen molar-refractivity contribution in [2.75, 3.05) is 18.6 Å². The third kappa shape index (κ3) is 4.59. The molecule has 2 aromatic carbocycles. The summed E-state index contributed by atoms with van der Waals surface area (Å²) in [5, 5.41) is 11.0. The van der Waals surface area contributed by atoms with E-state index in [9.17, 15) is 5.11 Å². The van der Waals surface area contributed by atoms with Crippen LogP contribution in [0.1, 0.15) is 37.8 Å². The van der Waals surface area contributed by atoms with Crippen LogP contribution in [0.2, 0.25) is 5.02 Å². The van der Waals surface area contributed by atoms with Crippen LogP contribution in [0.5, 0.6) is 5.75 Å². The molecule has 0 radical (unpaired) electrons. The summed E-state index contributed by atoms with van der Waals surface area (Å²) in [6.45, 7) is 4.56. The van der Waals surface area contributed by atoms with Crippen LogP contribution in [-0.2, 0) is 6.42 Å². The van der Waals surface area contributed by atoms with Gasteiger partial charge in [0.25, 0.3) is 0 Å². The van der Waals surface area contributed by atoms with E-state index in [4.69, 9.17) is 16.3 Å². The van der Waals surface area contributed by atoms with Crippen LogP contribution >= 0.6 is 11.6 Å². The van der Waals surface area contributed by atoms with Crippen LogP contribution < -0.4 is 9.64 Å². The largest absolute Gasteiger partial charge is 0.496 e. The first-order chi connectivity index (χ1) is 15.3. The number of anilines is 1. The molecular weight excluding hydrogens is 427 g/mol. The Morgan fingerprint density at radius 1 is 1.22 bits per heavy atom. The SMILES string of the molecule is COc1ccc(Cc2ccc(N3CCC[C@H]3C(C)(C)O)nc2)c(F)c1-c1cccc(Cl)c1. The highest BCUT2D eigenvalue weighted by molar-refractivity contribution is 6.30. The molecule has 0 aliphatic carbocycles. The fourth-order valence-corrected chi connectivity index (χ4v) is 4.70. The molecule has 0 bridgehead atoms. The van der Waals surface area contributed by atoms with Gasteiger partial charge in [-0.1, -0.05) is 35.9 Å². The summed E-state index contributed by atoms with van der Waals surface area (Å²) in [6.07, 6.45) is 4.17. The summed E-state index contributed by atoms with van der Waals surface area (Å²) in [4.78, 5) is 6.79. The molecule has 4 nitrogen and oxygen atoms in total. The maximum Gasteiger partial charge on any atom is 0.138 e. The molecule has 1 atom stereocenters. The first-order valence-corrected chi connectivity index (χ1v) is 11.2. The molecule has 0 amide bonds. The van der Waals surface area contributed by atoms with Crippen molar-refractivity contribution >= 4 is 17.4 Å². The predicted octanol–water partition coefficient (Wildman–Crippen LogP) is 5.88. The molecule has 1 aliphatic rings. The number of hydrogen-bond donors (Lipinski definition) is 1. The zero-order valence-electron chi connectivity index (χ0n) is 18.6. The number of ether oxygens (including phenoxy) is 1. The predicted molar refractivity (Wildman–Crippen MR) is 127 cm³/mol. The van der Waals surface area contributed by atoms with Gasteiger partial charge in [-0.2, -0.15) is 0 Å². The molecule has 1 saturated heterocycles. The third-order valence-electron chi connectivity index (χ3n) is 6.08. The molecule has 0 spiro atoms. The second-order valence-corrected chi connectivity index (χ2v) is 9.27. The summed E-state index contributed by atoms with van der Waals surface area (Å²) in [7, 11) is 1.53. The quantitative estimate of drug-likeness (QED) is 0.505. The number of rotatable bonds is 6. The Bertz CT molecular complexity index is 1100. The van der Waals surface area contributed by atoms with Crippen LogP contribution in [0.3, 0.4) is 0 Å². The Labute approximate surface area is 193 Å². The highest BCUT2D eigenvalue weighted by atomic mass is 35.5. The number of pyridine rings is 1. The highest BCUT2D eigenvalue weighted by Crippen LogP contribution is 2.36. The number of aliphatic hydroxyl groups is 1. The number of methoxy groups -OCH3 is 1. The smallest absolute Gasteiger partial charge is 0.138 e. The van der Waals surface area contributed by atoms with Crippen molar-refractivity contribution in [3.05, 3.63) is 76.7 Å². The van der Waals surface area contributed by atoms with E-state index < -0.39 is 5.60 Å². The van der Waals surface area contributed by atoms with E-state index in [2.05, 4.69) is 9.88 Å². The molecule has 0 saturated carbocycles. The normalized spacial score (nSPS) is 16.4. The van der Waals surface area contributed by atoms with Gasteiger partial charge in [0.05, 0.1) is 24.3 Å². The minimum absolute atomic E-state index is 0.0418. The number of nitrogens with zero attached hydrogens (tertiary/aromatic N) is 2. The Kier molecular flexibility index (Phi) is 6.40. The van der Waals surface area contributed by atoms with Crippen LogP contribution in [0.4, 0.5) is 10.2 Å². The number of aromatic nitrogens is 1. The van der Waals surface area contributed by atoms with E-state index in [-0.39, 0.29) is 11.9 Å². The van der Waals surface area contributed by atoms with Crippen molar-refractivity contribution in [1.82, 2.24) is 4.98 Å². The van der Waals surface area contributed by atoms with Crippen LogP contribution in [0.25, 0.3) is 11.1 Å². The minimum atomic E-state index is -0.792. The number of benzene rings is 2. The molecular formula is C26H28ClFN2O2. The van der Waals surface area contributed by atoms with E-state index in [1.165, 1.54) is 7.11 Å².